The number of halogens is 3. The smallest absolute Gasteiger partial charge is 0.246 e. The van der Waals surface area contributed by atoms with Crippen LogP contribution in [0.25, 0.3) is 0 Å². The van der Waals surface area contributed by atoms with E-state index in [0.717, 1.165) is 35.3 Å². The van der Waals surface area contributed by atoms with E-state index in [-0.39, 0.29) is 11.8 Å². The number of carbonyl (C=O) groups excluding carboxylic acids is 1. The molecule has 1 amide bonds. The van der Waals surface area contributed by atoms with Gasteiger partial charge in [0.25, 0.3) is 0 Å². The number of hydrogen-bond donors (Lipinski definition) is 0. The van der Waals surface area contributed by atoms with Gasteiger partial charge in [-0.25, -0.2) is 0 Å². The third-order valence-corrected chi connectivity index (χ3v) is 5.23. The third kappa shape index (κ3) is 4.88. The van der Waals surface area contributed by atoms with Gasteiger partial charge in [0.15, 0.2) is 0 Å². The molecule has 0 N–H and O–H groups in total. The van der Waals surface area contributed by atoms with Crippen molar-refractivity contribution >= 4 is 52.1 Å². The van der Waals surface area contributed by atoms with E-state index in [0.29, 0.717) is 10.0 Å². The molecule has 0 radical (unpaired) electrons. The highest BCUT2D eigenvalue weighted by atomic mass is 35.5. The predicted molar refractivity (Wildman–Crippen MR) is 119 cm³/mol. The first kappa shape index (κ1) is 20.7. The number of hydrogen-bond acceptors (Lipinski definition) is 1. The molecule has 1 heterocycles. The van der Waals surface area contributed by atoms with Crippen LogP contribution in [0.5, 0.6) is 0 Å². The largest absolute Gasteiger partial charge is 0.279 e. The number of rotatable bonds is 1. The highest BCUT2D eigenvalue weighted by molar-refractivity contribution is 6.32. The van der Waals surface area contributed by atoms with Crippen molar-refractivity contribution in [1.29, 1.82) is 0 Å². The van der Waals surface area contributed by atoms with Crippen LogP contribution in [0.3, 0.4) is 0 Å². The van der Waals surface area contributed by atoms with Gasteiger partial charge in [-0.2, -0.15) is 0 Å². The number of carbonyl (C=O) groups is 1. The lowest BCUT2D eigenvalue weighted by Gasteiger charge is -2.24. The lowest BCUT2D eigenvalue weighted by molar-refractivity contribution is -0.115. The van der Waals surface area contributed by atoms with Gasteiger partial charge in [-0.05, 0) is 67.3 Å². The summed E-state index contributed by atoms with van der Waals surface area (Å²) < 4.78 is 0. The van der Waals surface area contributed by atoms with Crippen molar-refractivity contribution in [2.24, 2.45) is 0 Å². The molecule has 0 atom stereocenters. The summed E-state index contributed by atoms with van der Waals surface area (Å²) >= 11 is 17.9. The minimum Gasteiger partial charge on any atom is -0.279 e. The fourth-order valence-corrected chi connectivity index (χ4v) is 3.72. The number of aryl methyl sites for hydroxylation is 3. The second kappa shape index (κ2) is 9.47. The number of anilines is 2. The Morgan fingerprint density at radius 3 is 1.75 bits per heavy atom. The molecule has 0 fully saturated rings. The SMILES string of the molecule is Cc1ccccc1.O=C(CCl)N1c2ccc(Cl)cc2CCc2cc(Cl)ccc21. The molecule has 1 aliphatic rings. The summed E-state index contributed by atoms with van der Waals surface area (Å²) in [6.45, 7) is 2.08. The molecule has 0 spiro atoms. The highest BCUT2D eigenvalue weighted by Crippen LogP contribution is 2.38. The Bertz CT molecular complexity index is 919. The number of nitrogens with zero attached hydrogens (tertiary/aromatic N) is 1. The first-order valence-corrected chi connectivity index (χ1v) is 10.3. The highest BCUT2D eigenvalue weighted by Gasteiger charge is 2.25. The number of amides is 1. The Hall–Kier alpha value is -2.00. The fourth-order valence-electron chi connectivity index (χ4n) is 3.21. The summed E-state index contributed by atoms with van der Waals surface area (Å²) in [5.41, 5.74) is 5.07. The van der Waals surface area contributed by atoms with Crippen molar-refractivity contribution in [3.05, 3.63) is 93.5 Å². The van der Waals surface area contributed by atoms with Crippen molar-refractivity contribution in [2.45, 2.75) is 19.8 Å². The second-order valence-electron chi connectivity index (χ2n) is 6.56. The van der Waals surface area contributed by atoms with Crippen molar-refractivity contribution in [1.82, 2.24) is 0 Å². The van der Waals surface area contributed by atoms with E-state index in [1.54, 1.807) is 17.0 Å². The quantitative estimate of drug-likeness (QED) is 0.379. The summed E-state index contributed by atoms with van der Waals surface area (Å²) in [5, 5.41) is 1.33. The average molecular weight is 433 g/mol. The van der Waals surface area contributed by atoms with Crippen molar-refractivity contribution in [2.75, 3.05) is 10.8 Å². The van der Waals surface area contributed by atoms with Crippen LogP contribution in [0, 0.1) is 6.92 Å². The van der Waals surface area contributed by atoms with Gasteiger partial charge < -0.3 is 0 Å². The Morgan fingerprint density at radius 2 is 1.36 bits per heavy atom. The zero-order valence-corrected chi connectivity index (χ0v) is 17.7. The van der Waals surface area contributed by atoms with E-state index >= 15 is 0 Å². The van der Waals surface area contributed by atoms with E-state index in [1.807, 2.05) is 42.5 Å². The molecule has 0 bridgehead atoms. The van der Waals surface area contributed by atoms with Gasteiger partial charge in [0.05, 0.1) is 11.4 Å². The Kier molecular flexibility index (Phi) is 7.01. The van der Waals surface area contributed by atoms with Gasteiger partial charge in [0.2, 0.25) is 5.91 Å². The molecule has 3 aromatic rings. The zero-order valence-electron chi connectivity index (χ0n) is 15.5. The summed E-state index contributed by atoms with van der Waals surface area (Å²) in [7, 11) is 0. The molecular weight excluding hydrogens is 413 g/mol. The van der Waals surface area contributed by atoms with E-state index in [4.69, 9.17) is 34.8 Å². The molecule has 144 valence electrons. The molecule has 0 aromatic heterocycles. The normalized spacial score (nSPS) is 12.2. The molecule has 0 saturated carbocycles. The van der Waals surface area contributed by atoms with E-state index in [2.05, 4.69) is 19.1 Å². The molecule has 0 aliphatic carbocycles. The van der Waals surface area contributed by atoms with E-state index < -0.39 is 0 Å². The van der Waals surface area contributed by atoms with Crippen molar-refractivity contribution < 1.29 is 4.79 Å². The molecule has 1 aliphatic heterocycles. The molecule has 5 heteroatoms. The fraction of sp³-hybridized carbons (Fsp3) is 0.174. The molecule has 0 unspecified atom stereocenters. The van der Waals surface area contributed by atoms with Gasteiger partial charge in [-0.1, -0.05) is 59.1 Å². The standard InChI is InChI=1S/C16H12Cl3NO.C7H8/c17-9-16(21)20-14-5-3-12(18)7-10(14)1-2-11-8-13(19)4-6-15(11)20;1-7-5-3-2-4-6-7/h3-8H,1-2,9H2;2-6H,1H3. The first-order chi connectivity index (χ1) is 13.5. The number of benzene rings is 3. The summed E-state index contributed by atoms with van der Waals surface area (Å²) in [4.78, 5) is 14.0. The molecule has 4 rings (SSSR count). The van der Waals surface area contributed by atoms with Crippen LogP contribution < -0.4 is 4.90 Å². The summed E-state index contributed by atoms with van der Waals surface area (Å²) in [5.74, 6) is -0.241. The lowest BCUT2D eigenvalue weighted by Crippen LogP contribution is -2.27. The van der Waals surface area contributed by atoms with E-state index in [1.165, 1.54) is 5.56 Å². The Labute approximate surface area is 180 Å². The van der Waals surface area contributed by atoms with Gasteiger partial charge in [-0.15, -0.1) is 11.6 Å². The van der Waals surface area contributed by atoms with Crippen LogP contribution in [0.15, 0.2) is 66.7 Å². The van der Waals surface area contributed by atoms with Crippen LogP contribution in [-0.4, -0.2) is 11.8 Å². The maximum Gasteiger partial charge on any atom is 0.246 e. The molecule has 0 saturated heterocycles. The van der Waals surface area contributed by atoms with Crippen molar-refractivity contribution in [3.63, 3.8) is 0 Å². The van der Waals surface area contributed by atoms with Crippen molar-refractivity contribution in [3.8, 4) is 0 Å². The van der Waals surface area contributed by atoms with Crippen LogP contribution in [0.2, 0.25) is 10.0 Å². The molecular formula is C23H20Cl3NO. The van der Waals surface area contributed by atoms with Crippen LogP contribution in [0.4, 0.5) is 11.4 Å². The van der Waals surface area contributed by atoms with Gasteiger partial charge in [-0.3, -0.25) is 9.69 Å². The minimum atomic E-state index is -0.161. The van der Waals surface area contributed by atoms with E-state index in [9.17, 15) is 4.79 Å². The minimum absolute atomic E-state index is 0.0792. The second-order valence-corrected chi connectivity index (χ2v) is 7.70. The van der Waals surface area contributed by atoms with Crippen LogP contribution in [-0.2, 0) is 17.6 Å². The maximum atomic E-state index is 12.3. The molecule has 3 aromatic carbocycles. The van der Waals surface area contributed by atoms with Gasteiger partial charge >= 0.3 is 0 Å². The Morgan fingerprint density at radius 1 is 0.857 bits per heavy atom. The number of fused-ring (bicyclic) bond motifs is 2. The summed E-state index contributed by atoms with van der Waals surface area (Å²) in [6, 6.07) is 21.4. The number of alkyl halides is 1. The van der Waals surface area contributed by atoms with Crippen LogP contribution >= 0.6 is 34.8 Å². The van der Waals surface area contributed by atoms with Gasteiger partial charge in [0.1, 0.15) is 5.88 Å². The zero-order chi connectivity index (χ0) is 20.1. The monoisotopic (exact) mass is 431 g/mol. The summed E-state index contributed by atoms with van der Waals surface area (Å²) in [6.07, 6.45) is 1.60. The lowest BCUT2D eigenvalue weighted by atomic mass is 10.0. The third-order valence-electron chi connectivity index (χ3n) is 4.53. The predicted octanol–water partition coefficient (Wildman–Crippen LogP) is 6.99. The van der Waals surface area contributed by atoms with Crippen LogP contribution in [0.1, 0.15) is 16.7 Å². The molecule has 2 nitrogen and oxygen atoms in total. The Balaban J connectivity index is 0.000000271. The average Bonchev–Trinajstić information content (AvgIpc) is 2.85. The van der Waals surface area contributed by atoms with Gasteiger partial charge in [0, 0.05) is 10.0 Å². The first-order valence-electron chi connectivity index (χ1n) is 8.97. The molecule has 28 heavy (non-hydrogen) atoms. The topological polar surface area (TPSA) is 20.3 Å². The maximum absolute atomic E-state index is 12.3.